The van der Waals surface area contributed by atoms with Gasteiger partial charge >= 0.3 is 21.9 Å². The van der Waals surface area contributed by atoms with Gasteiger partial charge in [0.2, 0.25) is 23.6 Å². The predicted molar refractivity (Wildman–Crippen MR) is 435 cm³/mol. The normalized spacial score (nSPS) is 33.0. The van der Waals surface area contributed by atoms with Gasteiger partial charge in [0.25, 0.3) is 0 Å². The van der Waals surface area contributed by atoms with E-state index in [1.807, 2.05) is 6.92 Å². The van der Waals surface area contributed by atoms with Crippen molar-refractivity contribution in [2.45, 2.75) is 340 Å². The number of rotatable bonds is 51. The molecular formula is C85H148N5O24P2+. The molecule has 31 heteroatoms. The zero-order valence-corrected chi connectivity index (χ0v) is 73.0. The molecule has 4 heterocycles. The van der Waals surface area contributed by atoms with Crippen LogP contribution in [0.15, 0.2) is 11.6 Å². The number of hydrogen-bond acceptors (Lipinski definition) is 24. The van der Waals surface area contributed by atoms with Crippen molar-refractivity contribution in [2.24, 2.45) is 64.1 Å². The van der Waals surface area contributed by atoms with Crippen LogP contribution in [0.1, 0.15) is 261 Å². The molecule has 0 radical (unpaired) electrons. The van der Waals surface area contributed by atoms with E-state index >= 15 is 0 Å². The van der Waals surface area contributed by atoms with E-state index in [4.69, 9.17) is 41.8 Å². The topological polar surface area (TPSA) is 404 Å². The number of carbonyl (C=O) groups excluding carboxylic acids is 6. The molecule has 4 saturated heterocycles. The Balaban J connectivity index is 0.657. The molecule has 0 spiro atoms. The van der Waals surface area contributed by atoms with Crippen LogP contribution in [-0.2, 0) is 74.9 Å². The molecule has 0 aromatic heterocycles. The van der Waals surface area contributed by atoms with Crippen LogP contribution in [0.4, 0.5) is 4.79 Å². The lowest BCUT2D eigenvalue weighted by Gasteiger charge is -2.58. The Morgan fingerprint density at radius 3 is 1.85 bits per heavy atom. The maximum absolute atomic E-state index is 13.8. The van der Waals surface area contributed by atoms with Gasteiger partial charge in [0.05, 0.1) is 62.9 Å². The average molecular weight is 1690 g/mol. The van der Waals surface area contributed by atoms with E-state index in [0.29, 0.717) is 127 Å². The lowest BCUT2D eigenvalue weighted by molar-refractivity contribution is -0.282. The van der Waals surface area contributed by atoms with Crippen LogP contribution in [0.3, 0.4) is 0 Å². The number of likely N-dealkylation sites (tertiary alicyclic amines) is 2. The summed E-state index contributed by atoms with van der Waals surface area (Å²) < 4.78 is 77.7. The van der Waals surface area contributed by atoms with Crippen LogP contribution >= 0.6 is 15.9 Å². The first kappa shape index (κ1) is 97.7. The molecule has 4 aliphatic heterocycles. The number of hydrogen-bond donors (Lipinski definition) is 10. The monoisotopic (exact) mass is 1680 g/mol. The minimum Gasteiger partial charge on any atom is -0.446 e. The van der Waals surface area contributed by atoms with Crippen LogP contribution < -0.4 is 16.0 Å². The largest absolute Gasteiger partial charge is 0.697 e. The Bertz CT molecular complexity index is 3140. The fourth-order valence-electron chi connectivity index (χ4n) is 20.3. The van der Waals surface area contributed by atoms with E-state index in [1.165, 1.54) is 57.2 Å². The second kappa shape index (κ2) is 48.4. The summed E-state index contributed by atoms with van der Waals surface area (Å²) in [6, 6.07) is -1.61. The van der Waals surface area contributed by atoms with Gasteiger partial charge in [0, 0.05) is 101 Å². The van der Waals surface area contributed by atoms with Gasteiger partial charge in [-0.05, 0) is 181 Å². The van der Waals surface area contributed by atoms with Gasteiger partial charge in [-0.2, -0.15) is 0 Å². The molecule has 8 aliphatic rings. The number of nitrogens with one attached hydrogen (secondary N) is 3. The summed E-state index contributed by atoms with van der Waals surface area (Å²) in [4.78, 5) is 83.2. The zero-order valence-electron chi connectivity index (χ0n) is 71.3. The molecule has 0 aromatic rings. The third-order valence-electron chi connectivity index (χ3n) is 27.1. The minimum atomic E-state index is -3.70. The molecule has 4 aliphatic carbocycles. The van der Waals surface area contributed by atoms with Crippen LogP contribution in [0.25, 0.3) is 0 Å². The van der Waals surface area contributed by atoms with E-state index in [-0.39, 0.29) is 138 Å². The highest BCUT2D eigenvalue weighted by Gasteiger charge is 2.60. The van der Waals surface area contributed by atoms with Crippen LogP contribution in [-0.4, -0.2) is 246 Å². The number of allylic oxidation sites excluding steroid dienone is 1. The fourth-order valence-corrected chi connectivity index (χ4v) is 22.1. The molecule has 0 aromatic carbocycles. The van der Waals surface area contributed by atoms with Gasteiger partial charge in [0.15, 0.2) is 18.4 Å². The number of aliphatic hydroxyl groups excluding tert-OH is 7. The molecule has 10 N–H and O–H groups in total. The summed E-state index contributed by atoms with van der Waals surface area (Å²) in [5.74, 6) is 2.94. The van der Waals surface area contributed by atoms with Crippen molar-refractivity contribution in [3.8, 4) is 0 Å². The molecule has 116 heavy (non-hydrogen) atoms. The number of aliphatic hydroxyl groups is 7. The first-order chi connectivity index (χ1) is 55.4. The number of ketones is 1. The molecular weight excluding hydrogens is 1540 g/mol. The molecule has 17 unspecified atom stereocenters. The lowest BCUT2D eigenvalue weighted by atomic mass is 9.47. The standard InChI is InChI=1S/C85H147N5O24P2/c1-55(2)24-23-25-57(4)66-34-35-67-65-33-32-60-47-63(36-38-84(60,7)68(65)37-39-85(66,67)8)111-83(103)87-41-19-12-15-31-76(98)90-50-64(48-61(90)51-91)114-116(9,105)110-45-44-108-115(104)109-54-62-46-56(3)49-89(62)75(97)30-14-11-10-13-27-70(94)69(88-74(96)29-18-22-43-107-82-59(6)78(100)80(102)72(53-93)113-82)26-16-20-40-86-73(95)28-17-21-42-106-81-58(5)77(99)79(101)71(52-92)112-81/h32,55-59,61-69,71-72,77-82,91-93,99-102H,10-31,33-54H2,1-9H3,(H2-,86,87,88,95,96,103)/p+1/t56-,57-,58?,59?,61+,62?,63?,64-,65?,66-,67?,68?,69+,71?,72?,77?,78?,79?,80?,81?,82?,84+,85-,116?/m1/s1. The van der Waals surface area contributed by atoms with Crippen LogP contribution in [0, 0.1) is 64.1 Å². The smallest absolute Gasteiger partial charge is 0.446 e. The van der Waals surface area contributed by atoms with Gasteiger partial charge < -0.3 is 94.2 Å². The van der Waals surface area contributed by atoms with Crippen molar-refractivity contribution in [3.05, 3.63) is 11.6 Å². The summed E-state index contributed by atoms with van der Waals surface area (Å²) in [6.07, 6.45) is 16.1. The third-order valence-corrected chi connectivity index (χ3v) is 29.2. The van der Waals surface area contributed by atoms with Crippen molar-refractivity contribution in [2.75, 3.05) is 85.7 Å². The quantitative estimate of drug-likeness (QED) is 0.0154. The van der Waals surface area contributed by atoms with Crippen LogP contribution in [0.5, 0.6) is 0 Å². The van der Waals surface area contributed by atoms with E-state index in [9.17, 15) is 73.6 Å². The predicted octanol–water partition coefficient (Wildman–Crippen LogP) is 10.6. The molecule has 0 bridgehead atoms. The maximum Gasteiger partial charge on any atom is 0.697 e. The highest BCUT2D eigenvalue weighted by Crippen LogP contribution is 2.67. The van der Waals surface area contributed by atoms with Gasteiger partial charge in [-0.3, -0.25) is 28.5 Å². The van der Waals surface area contributed by atoms with Crippen LogP contribution in [0.2, 0.25) is 0 Å². The SMILES string of the molecule is CC(C)CCC[C@@H](C)[C@H]1CCC2C3CC=C4CC(OC(=O)NCCCCCC(=O)N5C[C@H](OP(C)(=O)OCCO[P+](=O)OCC6C[C@@H](C)CN6C(=O)CCCCCCC(=O)[C@H](CCCCNC(=O)CCCCOC6OC(CO)C(O)C(O)C6C)NC(=O)CCCCOC6OC(CO)C(O)C(O)C6C)C[C@H]5CO)CC[C@]4(C)C3CC[C@@]21C. The number of carbonyl (C=O) groups is 6. The van der Waals surface area contributed by atoms with E-state index in [0.717, 1.165) is 55.3 Å². The highest BCUT2D eigenvalue weighted by atomic mass is 31.2. The van der Waals surface area contributed by atoms with E-state index in [1.54, 1.807) is 23.6 Å². The number of ether oxygens (including phenoxy) is 5. The molecule has 29 nitrogen and oxygen atoms in total. The molecule has 8 rings (SSSR count). The zero-order chi connectivity index (χ0) is 84.3. The summed E-state index contributed by atoms with van der Waals surface area (Å²) in [5, 5.41) is 79.1. The Kier molecular flexibility index (Phi) is 40.8. The Labute approximate surface area is 691 Å². The first-order valence-corrected chi connectivity index (χ1v) is 47.5. The van der Waals surface area contributed by atoms with E-state index in [2.05, 4.69) is 56.6 Å². The second-order valence-corrected chi connectivity index (χ2v) is 39.2. The van der Waals surface area contributed by atoms with Crippen molar-refractivity contribution >= 4 is 51.4 Å². The average Bonchev–Trinajstić information content (AvgIpc) is 1.48. The highest BCUT2D eigenvalue weighted by molar-refractivity contribution is 7.53. The fraction of sp³-hybridized carbons (Fsp3) is 0.906. The number of Topliss-reactive ketones (excluding diaryl/α,β-unsaturated/α-hetero) is 1. The van der Waals surface area contributed by atoms with Gasteiger partial charge in [-0.15, -0.1) is 9.05 Å². The number of alkyl carbamates (subject to hydrolysis) is 1. The summed E-state index contributed by atoms with van der Waals surface area (Å²) >= 11 is 0. The number of fused-ring (bicyclic) bond motifs is 5. The maximum atomic E-state index is 13.8. The number of unbranched alkanes of at least 4 members (excludes halogenated alkanes) is 8. The second-order valence-electron chi connectivity index (χ2n) is 36.3. The lowest BCUT2D eigenvalue weighted by Crippen LogP contribution is -2.55. The molecule has 7 fully saturated rings. The molecule has 3 saturated carbocycles. The molecule has 25 atom stereocenters. The first-order valence-electron chi connectivity index (χ1n) is 44.4. The van der Waals surface area contributed by atoms with Gasteiger partial charge in [-0.25, -0.2) is 4.79 Å². The molecule has 666 valence electrons. The van der Waals surface area contributed by atoms with Crippen molar-refractivity contribution in [1.82, 2.24) is 25.8 Å². The summed E-state index contributed by atoms with van der Waals surface area (Å²) in [6.45, 7) is 19.2. The Morgan fingerprint density at radius 2 is 1.22 bits per heavy atom. The third kappa shape index (κ3) is 28.7. The Hall–Kier alpha value is -3.71. The minimum absolute atomic E-state index is 0.0247. The van der Waals surface area contributed by atoms with Crippen molar-refractivity contribution in [1.29, 1.82) is 0 Å². The van der Waals surface area contributed by atoms with Gasteiger partial charge in [-0.1, -0.05) is 106 Å². The Morgan fingerprint density at radius 1 is 0.612 bits per heavy atom. The van der Waals surface area contributed by atoms with Crippen molar-refractivity contribution in [3.63, 3.8) is 0 Å². The summed E-state index contributed by atoms with van der Waals surface area (Å²) in [5.41, 5.74) is 2.12. The van der Waals surface area contributed by atoms with Crippen molar-refractivity contribution < 1.29 is 115 Å². The van der Waals surface area contributed by atoms with Gasteiger partial charge in [0.1, 0.15) is 43.7 Å². The summed E-state index contributed by atoms with van der Waals surface area (Å²) in [7, 11) is -6.33. The number of nitrogens with zero attached hydrogens (tertiary/aromatic N) is 2. The number of amides is 5. The van der Waals surface area contributed by atoms with E-state index < -0.39 is 114 Å². The molecule has 5 amide bonds.